The van der Waals surface area contributed by atoms with E-state index in [0.717, 1.165) is 17.7 Å². The van der Waals surface area contributed by atoms with E-state index < -0.39 is 20.5 Å². The molecule has 0 heterocycles. The summed E-state index contributed by atoms with van der Waals surface area (Å²) in [7, 11) is -4.64. The van der Waals surface area contributed by atoms with Gasteiger partial charge in [0.2, 0.25) is 9.84 Å². The Balaban J connectivity index is 2.10. The van der Waals surface area contributed by atoms with Crippen LogP contribution in [0.2, 0.25) is 0 Å². The minimum Gasteiger partial charge on any atom is -0.494 e. The number of hydrogen-bond acceptors (Lipinski definition) is 4. The van der Waals surface area contributed by atoms with E-state index >= 15 is 0 Å². The highest BCUT2D eigenvalue weighted by Gasteiger charge is 2.28. The van der Waals surface area contributed by atoms with E-state index in [1.807, 2.05) is 31.2 Å². The van der Waals surface area contributed by atoms with Gasteiger partial charge >= 0.3 is 5.76 Å². The third kappa shape index (κ3) is 4.44. The molecule has 0 fully saturated rings. The van der Waals surface area contributed by atoms with Gasteiger partial charge in [-0.1, -0.05) is 31.2 Å². The van der Waals surface area contributed by atoms with Gasteiger partial charge in [-0.25, -0.2) is 8.42 Å². The van der Waals surface area contributed by atoms with Crippen molar-refractivity contribution in [2.75, 3.05) is 11.9 Å². The number of nitrogens with one attached hydrogen (secondary N) is 1. The van der Waals surface area contributed by atoms with E-state index in [-0.39, 0.29) is 5.69 Å². The van der Waals surface area contributed by atoms with Crippen molar-refractivity contribution in [1.82, 2.24) is 0 Å². The zero-order chi connectivity index (χ0) is 17.6. The molecule has 1 N–H and O–H groups in total. The van der Waals surface area contributed by atoms with Crippen molar-refractivity contribution in [3.05, 3.63) is 54.1 Å². The SMILES string of the molecule is CCCOc1ccc(CNc2ccccc2S(=O)(=O)C(F)F)cc1. The zero-order valence-electron chi connectivity index (χ0n) is 13.2. The molecule has 0 aromatic heterocycles. The van der Waals surface area contributed by atoms with Crippen LogP contribution >= 0.6 is 0 Å². The molecule has 0 atom stereocenters. The number of rotatable bonds is 8. The average Bonchev–Trinajstić information content (AvgIpc) is 2.59. The van der Waals surface area contributed by atoms with Gasteiger partial charge < -0.3 is 10.1 Å². The predicted molar refractivity (Wildman–Crippen MR) is 89.2 cm³/mol. The molecule has 0 spiro atoms. The summed E-state index contributed by atoms with van der Waals surface area (Å²) in [5.41, 5.74) is 1.03. The third-order valence-electron chi connectivity index (χ3n) is 3.31. The molecule has 0 amide bonds. The highest BCUT2D eigenvalue weighted by atomic mass is 32.2. The number of ether oxygens (including phenoxy) is 1. The van der Waals surface area contributed by atoms with Gasteiger partial charge in [0.1, 0.15) is 5.75 Å². The molecule has 24 heavy (non-hydrogen) atoms. The average molecular weight is 355 g/mol. The van der Waals surface area contributed by atoms with Crippen LogP contribution in [0.3, 0.4) is 0 Å². The van der Waals surface area contributed by atoms with E-state index in [0.29, 0.717) is 13.2 Å². The Morgan fingerprint density at radius 1 is 1.08 bits per heavy atom. The first kappa shape index (κ1) is 18.2. The molecule has 0 unspecified atom stereocenters. The second-order valence-corrected chi connectivity index (χ2v) is 7.03. The van der Waals surface area contributed by atoms with Gasteiger partial charge in [0.15, 0.2) is 0 Å². The van der Waals surface area contributed by atoms with Crippen LogP contribution in [0.25, 0.3) is 0 Å². The Kier molecular flexibility index (Phi) is 6.14. The lowest BCUT2D eigenvalue weighted by Gasteiger charge is -2.12. The molecule has 2 aromatic carbocycles. The van der Waals surface area contributed by atoms with E-state index in [2.05, 4.69) is 5.32 Å². The Morgan fingerprint density at radius 3 is 2.38 bits per heavy atom. The van der Waals surface area contributed by atoms with Crippen LogP contribution in [-0.2, 0) is 16.4 Å². The molecule has 0 radical (unpaired) electrons. The van der Waals surface area contributed by atoms with Crippen molar-refractivity contribution in [2.24, 2.45) is 0 Å². The molecule has 4 nitrogen and oxygen atoms in total. The lowest BCUT2D eigenvalue weighted by Crippen LogP contribution is -2.14. The Labute approximate surface area is 140 Å². The maximum atomic E-state index is 12.8. The number of anilines is 1. The number of alkyl halides is 2. The van der Waals surface area contributed by atoms with Gasteiger partial charge in [-0.15, -0.1) is 0 Å². The van der Waals surface area contributed by atoms with Crippen molar-refractivity contribution in [2.45, 2.75) is 30.5 Å². The van der Waals surface area contributed by atoms with Gasteiger partial charge in [0.25, 0.3) is 0 Å². The summed E-state index contributed by atoms with van der Waals surface area (Å²) in [6.45, 7) is 2.96. The number of hydrogen-bond donors (Lipinski definition) is 1. The smallest absolute Gasteiger partial charge is 0.341 e. The summed E-state index contributed by atoms with van der Waals surface area (Å²) < 4.78 is 54.4. The molecule has 0 bridgehead atoms. The quantitative estimate of drug-likeness (QED) is 0.775. The van der Waals surface area contributed by atoms with E-state index in [9.17, 15) is 17.2 Å². The van der Waals surface area contributed by atoms with Crippen LogP contribution in [0, 0.1) is 0 Å². The fraction of sp³-hybridized carbons (Fsp3) is 0.294. The highest BCUT2D eigenvalue weighted by Crippen LogP contribution is 2.26. The summed E-state index contributed by atoms with van der Waals surface area (Å²) in [5.74, 6) is -2.70. The van der Waals surface area contributed by atoms with E-state index in [1.54, 1.807) is 6.07 Å². The van der Waals surface area contributed by atoms with Gasteiger partial charge in [0, 0.05) is 6.54 Å². The number of sulfone groups is 1. The predicted octanol–water partition coefficient (Wildman–Crippen LogP) is 4.08. The number of benzene rings is 2. The molecule has 130 valence electrons. The van der Waals surface area contributed by atoms with Crippen LogP contribution in [-0.4, -0.2) is 20.8 Å². The second-order valence-electron chi connectivity index (χ2n) is 5.15. The third-order valence-corrected chi connectivity index (χ3v) is 4.75. The molecule has 0 aliphatic rings. The summed E-state index contributed by atoms with van der Waals surface area (Å²) in [5, 5.41) is 2.90. The van der Waals surface area contributed by atoms with Gasteiger partial charge in [-0.2, -0.15) is 8.78 Å². The van der Waals surface area contributed by atoms with Crippen molar-refractivity contribution in [3.8, 4) is 5.75 Å². The Bertz CT molecular complexity index is 762. The summed E-state index contributed by atoms with van der Waals surface area (Å²) in [6, 6.07) is 12.9. The number of halogens is 2. The summed E-state index contributed by atoms with van der Waals surface area (Å²) >= 11 is 0. The fourth-order valence-corrected chi connectivity index (χ4v) is 2.98. The van der Waals surface area contributed by atoms with Crippen molar-refractivity contribution in [3.63, 3.8) is 0 Å². The van der Waals surface area contributed by atoms with E-state index in [4.69, 9.17) is 4.74 Å². The fourth-order valence-electron chi connectivity index (χ4n) is 2.08. The Hall–Kier alpha value is -2.15. The molecule has 7 heteroatoms. The minimum absolute atomic E-state index is 0.157. The first-order valence-corrected chi connectivity index (χ1v) is 9.06. The first-order chi connectivity index (χ1) is 11.4. The molecular formula is C17H19F2NO3S. The van der Waals surface area contributed by atoms with Crippen molar-refractivity contribution >= 4 is 15.5 Å². The van der Waals surface area contributed by atoms with Crippen LogP contribution in [0.5, 0.6) is 5.75 Å². The van der Waals surface area contributed by atoms with Crippen molar-refractivity contribution < 1.29 is 21.9 Å². The molecule has 2 rings (SSSR count). The summed E-state index contributed by atoms with van der Waals surface area (Å²) in [6.07, 6.45) is 0.915. The molecule has 0 aliphatic heterocycles. The maximum Gasteiger partial charge on any atom is 0.341 e. The topological polar surface area (TPSA) is 55.4 Å². The van der Waals surface area contributed by atoms with Gasteiger partial charge in [-0.3, -0.25) is 0 Å². The lowest BCUT2D eigenvalue weighted by atomic mass is 10.2. The maximum absolute atomic E-state index is 12.8. The zero-order valence-corrected chi connectivity index (χ0v) is 14.0. The molecule has 2 aromatic rings. The monoisotopic (exact) mass is 355 g/mol. The first-order valence-electron chi connectivity index (χ1n) is 7.52. The normalized spacial score (nSPS) is 11.5. The van der Waals surface area contributed by atoms with Gasteiger partial charge in [-0.05, 0) is 36.2 Å². The van der Waals surface area contributed by atoms with Crippen molar-refractivity contribution in [1.29, 1.82) is 0 Å². The highest BCUT2D eigenvalue weighted by molar-refractivity contribution is 7.91. The summed E-state index contributed by atoms with van der Waals surface area (Å²) in [4.78, 5) is -0.400. The van der Waals surface area contributed by atoms with Crippen LogP contribution < -0.4 is 10.1 Å². The van der Waals surface area contributed by atoms with Crippen LogP contribution in [0.4, 0.5) is 14.5 Å². The van der Waals surface area contributed by atoms with Crippen LogP contribution in [0.15, 0.2) is 53.4 Å². The molecule has 0 aliphatic carbocycles. The Morgan fingerprint density at radius 2 is 1.75 bits per heavy atom. The molecule has 0 saturated heterocycles. The van der Waals surface area contributed by atoms with Crippen LogP contribution in [0.1, 0.15) is 18.9 Å². The largest absolute Gasteiger partial charge is 0.494 e. The van der Waals surface area contributed by atoms with Gasteiger partial charge in [0.05, 0.1) is 17.2 Å². The number of para-hydroxylation sites is 1. The minimum atomic E-state index is -4.64. The molecule has 0 saturated carbocycles. The standard InChI is InChI=1S/C17H19F2NO3S/c1-2-11-23-14-9-7-13(8-10-14)12-20-15-5-3-4-6-16(15)24(21,22)17(18)19/h3-10,17,20H,2,11-12H2,1H3. The van der Waals surface area contributed by atoms with E-state index in [1.165, 1.54) is 18.2 Å². The lowest BCUT2D eigenvalue weighted by molar-refractivity contribution is 0.235. The second kappa shape index (κ2) is 8.10. The molecular weight excluding hydrogens is 336 g/mol.